The second-order valence-corrected chi connectivity index (χ2v) is 13.7. The van der Waals surface area contributed by atoms with Crippen LogP contribution in [0.5, 0.6) is 0 Å². The molecule has 1 saturated carbocycles. The number of hydrogen-bond donors (Lipinski definition) is 0. The fourth-order valence-electron chi connectivity index (χ4n) is 2.57. The van der Waals surface area contributed by atoms with Crippen molar-refractivity contribution >= 4 is 15.7 Å². The normalized spacial score (nSPS) is 20.6. The van der Waals surface area contributed by atoms with Crippen molar-refractivity contribution < 1.29 is 13.6 Å². The van der Waals surface area contributed by atoms with Gasteiger partial charge in [-0.3, -0.25) is 4.57 Å². The summed E-state index contributed by atoms with van der Waals surface area (Å²) in [6.07, 6.45) is 3.19. The van der Waals surface area contributed by atoms with E-state index in [-0.39, 0.29) is 4.78 Å². The highest BCUT2D eigenvalue weighted by Crippen LogP contribution is 2.70. The van der Waals surface area contributed by atoms with Crippen LogP contribution in [0.4, 0.5) is 0 Å². The standard InChI is InChI=1S/C11H25O3PSi/c1-6-13-15(12,14-7-2)11(9-8-10-11)16(3,4)5/h6-10H2,1-5H3. The molecule has 0 bridgehead atoms. The second-order valence-electron chi connectivity index (χ2n) is 5.47. The predicted octanol–water partition coefficient (Wildman–Crippen LogP) is 4.05. The highest BCUT2D eigenvalue weighted by Gasteiger charge is 2.61. The van der Waals surface area contributed by atoms with Crippen LogP contribution in [0.3, 0.4) is 0 Å². The van der Waals surface area contributed by atoms with E-state index in [4.69, 9.17) is 9.05 Å². The Morgan fingerprint density at radius 2 is 1.56 bits per heavy atom. The third kappa shape index (κ3) is 2.17. The molecule has 1 fully saturated rings. The van der Waals surface area contributed by atoms with E-state index >= 15 is 0 Å². The van der Waals surface area contributed by atoms with E-state index in [1.165, 1.54) is 0 Å². The van der Waals surface area contributed by atoms with Crippen LogP contribution < -0.4 is 0 Å². The first kappa shape index (κ1) is 14.4. The zero-order valence-corrected chi connectivity index (χ0v) is 13.1. The lowest BCUT2D eigenvalue weighted by Crippen LogP contribution is -2.57. The van der Waals surface area contributed by atoms with E-state index in [9.17, 15) is 4.57 Å². The SMILES string of the molecule is CCOP(=O)(OCC)C1([Si](C)(C)C)CCC1. The van der Waals surface area contributed by atoms with Gasteiger partial charge in [-0.25, -0.2) is 0 Å². The number of rotatable bonds is 6. The van der Waals surface area contributed by atoms with Gasteiger partial charge in [0.05, 0.1) is 26.1 Å². The van der Waals surface area contributed by atoms with Gasteiger partial charge in [0.25, 0.3) is 0 Å². The van der Waals surface area contributed by atoms with Crippen LogP contribution in [-0.2, 0) is 13.6 Å². The van der Waals surface area contributed by atoms with E-state index in [1.807, 2.05) is 13.8 Å². The Morgan fingerprint density at radius 3 is 1.75 bits per heavy atom. The summed E-state index contributed by atoms with van der Waals surface area (Å²) in [5.74, 6) is 0. The van der Waals surface area contributed by atoms with E-state index in [0.29, 0.717) is 13.2 Å². The maximum absolute atomic E-state index is 13.0. The summed E-state index contributed by atoms with van der Waals surface area (Å²) in [7, 11) is -4.46. The summed E-state index contributed by atoms with van der Waals surface area (Å²) in [4.78, 5) is 0. The molecule has 16 heavy (non-hydrogen) atoms. The fourth-order valence-corrected chi connectivity index (χ4v) is 10.2. The second kappa shape index (κ2) is 4.93. The molecule has 3 nitrogen and oxygen atoms in total. The average molecular weight is 264 g/mol. The zero-order chi connectivity index (χ0) is 12.4. The van der Waals surface area contributed by atoms with Gasteiger partial charge in [-0.2, -0.15) is 0 Å². The Balaban J connectivity index is 3.04. The molecular weight excluding hydrogens is 239 g/mol. The molecule has 0 spiro atoms. The first-order valence-corrected chi connectivity index (χ1v) is 11.3. The lowest BCUT2D eigenvalue weighted by Gasteiger charge is -2.52. The molecule has 5 heteroatoms. The quantitative estimate of drug-likeness (QED) is 0.536. The van der Waals surface area contributed by atoms with Crippen molar-refractivity contribution in [1.82, 2.24) is 0 Å². The predicted molar refractivity (Wildman–Crippen MR) is 70.8 cm³/mol. The van der Waals surface area contributed by atoms with E-state index in [1.54, 1.807) is 0 Å². The summed E-state index contributed by atoms with van der Waals surface area (Å²) in [6.45, 7) is 11.6. The third-order valence-electron chi connectivity index (χ3n) is 3.70. The van der Waals surface area contributed by atoms with Gasteiger partial charge in [-0.1, -0.05) is 26.1 Å². The topological polar surface area (TPSA) is 35.5 Å². The minimum Gasteiger partial charge on any atom is -0.309 e. The monoisotopic (exact) mass is 264 g/mol. The summed E-state index contributed by atoms with van der Waals surface area (Å²) in [5, 5.41) is 0. The zero-order valence-electron chi connectivity index (χ0n) is 11.2. The van der Waals surface area contributed by atoms with E-state index in [0.717, 1.165) is 19.3 Å². The molecular formula is C11H25O3PSi. The first-order valence-electron chi connectivity index (χ1n) is 6.22. The van der Waals surface area contributed by atoms with Crippen molar-refractivity contribution in [2.24, 2.45) is 0 Å². The summed E-state index contributed by atoms with van der Waals surface area (Å²) in [6, 6.07) is 0. The fraction of sp³-hybridized carbons (Fsp3) is 1.00. The molecule has 0 aromatic carbocycles. The van der Waals surface area contributed by atoms with Gasteiger partial charge >= 0.3 is 7.60 Å². The molecule has 0 atom stereocenters. The molecule has 0 aliphatic heterocycles. The van der Waals surface area contributed by atoms with Gasteiger partial charge in [-0.05, 0) is 26.7 Å². The lowest BCUT2D eigenvalue weighted by molar-refractivity contribution is 0.189. The summed E-state index contributed by atoms with van der Waals surface area (Å²) < 4.78 is 24.0. The molecule has 1 rings (SSSR count). The van der Waals surface area contributed by atoms with Crippen LogP contribution in [0, 0.1) is 0 Å². The van der Waals surface area contributed by atoms with Crippen molar-refractivity contribution in [3.05, 3.63) is 0 Å². The molecule has 96 valence electrons. The molecule has 0 aromatic rings. The summed E-state index contributed by atoms with van der Waals surface area (Å²) >= 11 is 0. The molecule has 0 radical (unpaired) electrons. The third-order valence-corrected chi connectivity index (χ3v) is 12.5. The minimum atomic E-state index is -2.91. The Hall–Kier alpha value is 0.367. The van der Waals surface area contributed by atoms with Crippen LogP contribution in [0.2, 0.25) is 19.6 Å². The van der Waals surface area contributed by atoms with Crippen molar-refractivity contribution in [3.63, 3.8) is 0 Å². The van der Waals surface area contributed by atoms with Gasteiger partial charge in [0, 0.05) is 0 Å². The van der Waals surface area contributed by atoms with Crippen molar-refractivity contribution in [2.45, 2.75) is 57.5 Å². The molecule has 0 N–H and O–H groups in total. The van der Waals surface area contributed by atoms with Crippen molar-refractivity contribution in [2.75, 3.05) is 13.2 Å². The smallest absolute Gasteiger partial charge is 0.309 e. The molecule has 1 aliphatic rings. The van der Waals surface area contributed by atoms with Crippen LogP contribution in [-0.4, -0.2) is 26.1 Å². The highest BCUT2D eigenvalue weighted by molar-refractivity contribution is 7.59. The molecule has 0 heterocycles. The Morgan fingerprint density at radius 1 is 1.12 bits per heavy atom. The van der Waals surface area contributed by atoms with Crippen molar-refractivity contribution in [3.8, 4) is 0 Å². The van der Waals surface area contributed by atoms with Crippen LogP contribution in [0.15, 0.2) is 0 Å². The number of hydrogen-bond acceptors (Lipinski definition) is 3. The minimum absolute atomic E-state index is 0.133. The Kier molecular flexibility index (Phi) is 4.44. The summed E-state index contributed by atoms with van der Waals surface area (Å²) in [5.41, 5.74) is 0. The van der Waals surface area contributed by atoms with Gasteiger partial charge in [0.1, 0.15) is 0 Å². The Bertz CT molecular complexity index is 271. The molecule has 0 amide bonds. The maximum Gasteiger partial charge on any atom is 0.333 e. The van der Waals surface area contributed by atoms with Gasteiger partial charge in [0.2, 0.25) is 0 Å². The average Bonchev–Trinajstić information content (AvgIpc) is 1.98. The molecule has 0 unspecified atom stereocenters. The highest BCUT2D eigenvalue weighted by atomic mass is 31.2. The molecule has 0 saturated heterocycles. The van der Waals surface area contributed by atoms with Gasteiger partial charge in [-0.15, -0.1) is 0 Å². The molecule has 0 aromatic heterocycles. The van der Waals surface area contributed by atoms with Crippen LogP contribution in [0.25, 0.3) is 0 Å². The van der Waals surface area contributed by atoms with Gasteiger partial charge < -0.3 is 9.05 Å². The Labute approximate surface area is 100 Å². The van der Waals surface area contributed by atoms with Crippen LogP contribution in [0.1, 0.15) is 33.1 Å². The maximum atomic E-state index is 13.0. The molecule has 1 aliphatic carbocycles. The van der Waals surface area contributed by atoms with E-state index < -0.39 is 15.7 Å². The largest absolute Gasteiger partial charge is 0.333 e. The lowest BCUT2D eigenvalue weighted by atomic mass is 9.98. The first-order chi connectivity index (χ1) is 7.33. The van der Waals surface area contributed by atoms with Crippen LogP contribution >= 0.6 is 7.60 Å². The van der Waals surface area contributed by atoms with E-state index in [2.05, 4.69) is 19.6 Å². The van der Waals surface area contributed by atoms with Crippen molar-refractivity contribution in [1.29, 1.82) is 0 Å². The van der Waals surface area contributed by atoms with Gasteiger partial charge in [0.15, 0.2) is 0 Å².